The van der Waals surface area contributed by atoms with Gasteiger partial charge in [0.2, 0.25) is 5.91 Å². The van der Waals surface area contributed by atoms with Crippen LogP contribution in [0.5, 0.6) is 0 Å². The van der Waals surface area contributed by atoms with Crippen LogP contribution in [0.15, 0.2) is 48.8 Å². The Labute approximate surface area is 135 Å². The summed E-state index contributed by atoms with van der Waals surface area (Å²) in [6.45, 7) is 2.40. The van der Waals surface area contributed by atoms with Crippen LogP contribution in [0, 0.1) is 0 Å². The van der Waals surface area contributed by atoms with E-state index in [1.807, 2.05) is 35.1 Å². The number of amides is 1. The minimum Gasteiger partial charge on any atom is -0.378 e. The van der Waals surface area contributed by atoms with Crippen LogP contribution in [0.25, 0.3) is 0 Å². The van der Waals surface area contributed by atoms with Gasteiger partial charge in [0, 0.05) is 24.7 Å². The van der Waals surface area contributed by atoms with E-state index in [0.29, 0.717) is 25.5 Å². The molecule has 0 radical (unpaired) electrons. The topological polar surface area (TPSA) is 56.1 Å². The molecule has 0 aliphatic rings. The molecule has 0 unspecified atom stereocenters. The van der Waals surface area contributed by atoms with Crippen LogP contribution in [0.1, 0.15) is 5.56 Å². The summed E-state index contributed by atoms with van der Waals surface area (Å²) in [5, 5.41) is 6.94. The van der Waals surface area contributed by atoms with Crippen molar-refractivity contribution in [2.45, 2.75) is 12.3 Å². The lowest BCUT2D eigenvalue weighted by Crippen LogP contribution is -2.29. The molecule has 1 aromatic carbocycles. The van der Waals surface area contributed by atoms with Crippen LogP contribution in [-0.4, -0.2) is 41.2 Å². The van der Waals surface area contributed by atoms with Gasteiger partial charge in [-0.25, -0.2) is 0 Å². The number of hydrogen-bond donors (Lipinski definition) is 1. The van der Waals surface area contributed by atoms with Gasteiger partial charge in [-0.15, -0.1) is 11.8 Å². The Bertz CT molecular complexity index is 532. The van der Waals surface area contributed by atoms with Gasteiger partial charge in [0.05, 0.1) is 25.5 Å². The van der Waals surface area contributed by atoms with Crippen molar-refractivity contribution < 1.29 is 9.53 Å². The number of carbonyl (C=O) groups excluding carboxylic acids is 1. The molecule has 0 fully saturated rings. The van der Waals surface area contributed by atoms with Gasteiger partial charge in [-0.1, -0.05) is 30.3 Å². The SMILES string of the molecule is O=C(CSCc1ccccc1)NCCOCCn1cccn1. The zero-order valence-electron chi connectivity index (χ0n) is 12.5. The van der Waals surface area contributed by atoms with Crippen LogP contribution in [-0.2, 0) is 21.8 Å². The summed E-state index contributed by atoms with van der Waals surface area (Å²) in [6, 6.07) is 12.0. The normalized spacial score (nSPS) is 10.5. The molecule has 2 aromatic rings. The predicted molar refractivity (Wildman–Crippen MR) is 88.7 cm³/mol. The van der Waals surface area contributed by atoms with Crippen LogP contribution in [0.3, 0.4) is 0 Å². The van der Waals surface area contributed by atoms with Crippen molar-refractivity contribution in [2.24, 2.45) is 0 Å². The molecule has 0 bridgehead atoms. The van der Waals surface area contributed by atoms with Crippen LogP contribution in [0.2, 0.25) is 0 Å². The molecular formula is C16H21N3O2S. The van der Waals surface area contributed by atoms with E-state index in [9.17, 15) is 4.79 Å². The summed E-state index contributed by atoms with van der Waals surface area (Å²) in [6.07, 6.45) is 3.64. The second kappa shape index (κ2) is 10.0. The average molecular weight is 319 g/mol. The maximum atomic E-state index is 11.7. The fourth-order valence-corrected chi connectivity index (χ4v) is 2.66. The first-order valence-corrected chi connectivity index (χ1v) is 8.43. The number of thioether (sulfide) groups is 1. The second-order valence-corrected chi connectivity index (χ2v) is 5.70. The summed E-state index contributed by atoms with van der Waals surface area (Å²) in [5.74, 6) is 1.38. The predicted octanol–water partition coefficient (Wildman–Crippen LogP) is 1.95. The maximum Gasteiger partial charge on any atom is 0.230 e. The highest BCUT2D eigenvalue weighted by atomic mass is 32.2. The van der Waals surface area contributed by atoms with Gasteiger partial charge < -0.3 is 10.1 Å². The Morgan fingerprint density at radius 1 is 1.23 bits per heavy atom. The monoisotopic (exact) mass is 319 g/mol. The van der Waals surface area contributed by atoms with Crippen molar-refractivity contribution >= 4 is 17.7 Å². The molecule has 0 saturated heterocycles. The third kappa shape index (κ3) is 6.78. The largest absolute Gasteiger partial charge is 0.378 e. The van der Waals surface area contributed by atoms with E-state index in [0.717, 1.165) is 12.3 Å². The van der Waals surface area contributed by atoms with Crippen LogP contribution in [0.4, 0.5) is 0 Å². The van der Waals surface area contributed by atoms with Gasteiger partial charge in [-0.3, -0.25) is 9.48 Å². The van der Waals surface area contributed by atoms with E-state index in [4.69, 9.17) is 4.74 Å². The fraction of sp³-hybridized carbons (Fsp3) is 0.375. The van der Waals surface area contributed by atoms with Gasteiger partial charge in [0.25, 0.3) is 0 Å². The van der Waals surface area contributed by atoms with Crippen molar-refractivity contribution in [2.75, 3.05) is 25.5 Å². The van der Waals surface area contributed by atoms with Crippen LogP contribution >= 0.6 is 11.8 Å². The highest BCUT2D eigenvalue weighted by molar-refractivity contribution is 7.99. The molecule has 0 saturated carbocycles. The molecule has 22 heavy (non-hydrogen) atoms. The second-order valence-electron chi connectivity index (χ2n) is 4.71. The first kappa shape index (κ1) is 16.6. The summed E-state index contributed by atoms with van der Waals surface area (Å²) in [5.41, 5.74) is 1.24. The average Bonchev–Trinajstić information content (AvgIpc) is 3.05. The number of ether oxygens (including phenoxy) is 1. The van der Waals surface area contributed by atoms with E-state index in [-0.39, 0.29) is 5.91 Å². The first-order valence-electron chi connectivity index (χ1n) is 7.28. The van der Waals surface area contributed by atoms with Crippen molar-refractivity contribution in [3.63, 3.8) is 0 Å². The zero-order valence-corrected chi connectivity index (χ0v) is 13.3. The Balaban J connectivity index is 1.44. The molecular weight excluding hydrogens is 298 g/mol. The Hall–Kier alpha value is -1.79. The lowest BCUT2D eigenvalue weighted by atomic mass is 10.2. The van der Waals surface area contributed by atoms with E-state index < -0.39 is 0 Å². The van der Waals surface area contributed by atoms with Crippen molar-refractivity contribution in [1.82, 2.24) is 15.1 Å². The third-order valence-corrected chi connectivity index (χ3v) is 3.94. The Morgan fingerprint density at radius 2 is 2.09 bits per heavy atom. The molecule has 1 aromatic heterocycles. The Morgan fingerprint density at radius 3 is 2.86 bits per heavy atom. The van der Waals surface area contributed by atoms with Crippen molar-refractivity contribution in [1.29, 1.82) is 0 Å². The lowest BCUT2D eigenvalue weighted by molar-refractivity contribution is -0.118. The number of nitrogens with one attached hydrogen (secondary N) is 1. The van der Waals surface area contributed by atoms with Crippen molar-refractivity contribution in [3.8, 4) is 0 Å². The first-order chi connectivity index (χ1) is 10.8. The van der Waals surface area contributed by atoms with E-state index in [1.165, 1.54) is 5.56 Å². The van der Waals surface area contributed by atoms with Gasteiger partial charge in [-0.2, -0.15) is 5.10 Å². The molecule has 0 aliphatic heterocycles. The van der Waals surface area contributed by atoms with Gasteiger partial charge in [-0.05, 0) is 11.6 Å². The molecule has 6 heteroatoms. The number of rotatable bonds is 10. The van der Waals surface area contributed by atoms with Gasteiger partial charge >= 0.3 is 0 Å². The third-order valence-electron chi connectivity index (χ3n) is 2.94. The minimum atomic E-state index is 0.0524. The standard InChI is InChI=1S/C16H21N3O2S/c20-16(14-22-13-15-5-2-1-3-6-15)17-8-11-21-12-10-19-9-4-7-18-19/h1-7,9H,8,10-14H2,(H,17,20). The molecule has 1 heterocycles. The molecule has 118 valence electrons. The smallest absolute Gasteiger partial charge is 0.230 e. The molecule has 1 amide bonds. The molecule has 1 N–H and O–H groups in total. The quantitative estimate of drug-likeness (QED) is 0.680. The lowest BCUT2D eigenvalue weighted by Gasteiger charge is -2.07. The maximum absolute atomic E-state index is 11.7. The highest BCUT2D eigenvalue weighted by Gasteiger charge is 2.01. The summed E-state index contributed by atoms with van der Waals surface area (Å²) < 4.78 is 7.27. The molecule has 0 spiro atoms. The molecule has 2 rings (SSSR count). The number of hydrogen-bond acceptors (Lipinski definition) is 4. The van der Waals surface area contributed by atoms with E-state index >= 15 is 0 Å². The zero-order chi connectivity index (χ0) is 15.5. The van der Waals surface area contributed by atoms with Gasteiger partial charge in [0.15, 0.2) is 0 Å². The molecule has 0 aliphatic carbocycles. The number of aromatic nitrogens is 2. The number of benzene rings is 1. The molecule has 5 nitrogen and oxygen atoms in total. The summed E-state index contributed by atoms with van der Waals surface area (Å²) in [7, 11) is 0. The fourth-order valence-electron chi connectivity index (χ4n) is 1.84. The Kier molecular flexibility index (Phi) is 7.55. The number of nitrogens with zero attached hydrogens (tertiary/aromatic N) is 2. The minimum absolute atomic E-state index is 0.0524. The van der Waals surface area contributed by atoms with Gasteiger partial charge in [0.1, 0.15) is 0 Å². The van der Waals surface area contributed by atoms with E-state index in [1.54, 1.807) is 18.0 Å². The summed E-state index contributed by atoms with van der Waals surface area (Å²) >= 11 is 1.62. The van der Waals surface area contributed by atoms with E-state index in [2.05, 4.69) is 22.5 Å². The number of carbonyl (C=O) groups is 1. The highest BCUT2D eigenvalue weighted by Crippen LogP contribution is 2.10. The molecule has 0 atom stereocenters. The summed E-state index contributed by atoms with van der Waals surface area (Å²) in [4.78, 5) is 11.7. The van der Waals surface area contributed by atoms with Crippen molar-refractivity contribution in [3.05, 3.63) is 54.4 Å². The van der Waals surface area contributed by atoms with Crippen LogP contribution < -0.4 is 5.32 Å².